The fraction of sp³-hybridized carbons (Fsp3) is 0.235. The quantitative estimate of drug-likeness (QED) is 0.928. The highest BCUT2D eigenvalue weighted by Gasteiger charge is 2.20. The lowest BCUT2D eigenvalue weighted by molar-refractivity contribution is 0.0411. The Hall–Kier alpha value is -2.13. The van der Waals surface area contributed by atoms with Crippen molar-refractivity contribution in [3.63, 3.8) is 0 Å². The van der Waals surface area contributed by atoms with Crippen molar-refractivity contribution in [3.05, 3.63) is 71.3 Å². The zero-order chi connectivity index (χ0) is 13.8. The van der Waals surface area contributed by atoms with Gasteiger partial charge in [-0.2, -0.15) is 0 Å². The molecule has 1 N–H and O–H groups in total. The number of carbonyl (C=O) groups is 1. The molecule has 0 aliphatic carbocycles. The first-order chi connectivity index (χ1) is 9.84. The van der Waals surface area contributed by atoms with Crippen LogP contribution in [-0.2, 0) is 11.2 Å². The molecule has 3 nitrogen and oxygen atoms in total. The molecule has 2 aromatic rings. The number of ether oxygens (including phenoxy) is 1. The molecule has 1 atom stereocenters. The first-order valence-electron chi connectivity index (χ1n) is 6.87. The Bertz CT molecular complexity index is 595. The molecule has 1 aliphatic rings. The summed E-state index contributed by atoms with van der Waals surface area (Å²) in [4.78, 5) is 12.0. The van der Waals surface area contributed by atoms with Crippen molar-refractivity contribution >= 4 is 5.91 Å². The van der Waals surface area contributed by atoms with Crippen molar-refractivity contribution in [2.45, 2.75) is 12.5 Å². The minimum atomic E-state index is -0.0581. The first kappa shape index (κ1) is 12.9. The van der Waals surface area contributed by atoms with Crippen molar-refractivity contribution < 1.29 is 9.53 Å². The third-order valence-electron chi connectivity index (χ3n) is 3.58. The van der Waals surface area contributed by atoms with Gasteiger partial charge in [-0.05, 0) is 29.7 Å². The van der Waals surface area contributed by atoms with Gasteiger partial charge in [0.15, 0.2) is 0 Å². The van der Waals surface area contributed by atoms with E-state index in [0.29, 0.717) is 18.7 Å². The average molecular weight is 267 g/mol. The van der Waals surface area contributed by atoms with Crippen molar-refractivity contribution in [1.82, 2.24) is 5.32 Å². The van der Waals surface area contributed by atoms with Crippen LogP contribution in [0.4, 0.5) is 0 Å². The summed E-state index contributed by atoms with van der Waals surface area (Å²) in [5.41, 5.74) is 3.18. The van der Waals surface area contributed by atoms with Gasteiger partial charge in [0.1, 0.15) is 6.10 Å². The number of amides is 1. The molecule has 3 heteroatoms. The largest absolute Gasteiger partial charge is 0.371 e. The summed E-state index contributed by atoms with van der Waals surface area (Å²) in [5, 5.41) is 2.95. The molecule has 1 amide bonds. The molecule has 0 saturated carbocycles. The van der Waals surface area contributed by atoms with Crippen LogP contribution in [0.15, 0.2) is 54.6 Å². The van der Waals surface area contributed by atoms with Gasteiger partial charge < -0.3 is 10.1 Å². The number of hydrogen-bond donors (Lipinski definition) is 1. The fourth-order valence-corrected chi connectivity index (χ4v) is 2.52. The third-order valence-corrected chi connectivity index (χ3v) is 3.58. The Morgan fingerprint density at radius 2 is 1.85 bits per heavy atom. The molecule has 3 rings (SSSR count). The number of nitrogens with one attached hydrogen (secondary N) is 1. The molecule has 20 heavy (non-hydrogen) atoms. The van der Waals surface area contributed by atoms with E-state index in [1.807, 2.05) is 42.5 Å². The van der Waals surface area contributed by atoms with Crippen LogP contribution in [0.1, 0.15) is 27.6 Å². The minimum Gasteiger partial charge on any atom is -0.371 e. The maximum Gasteiger partial charge on any atom is 0.251 e. The number of hydrogen-bond acceptors (Lipinski definition) is 2. The molecule has 0 radical (unpaired) electrons. The van der Waals surface area contributed by atoms with Crippen LogP contribution in [0.25, 0.3) is 0 Å². The van der Waals surface area contributed by atoms with Gasteiger partial charge in [-0.1, -0.05) is 42.5 Å². The van der Waals surface area contributed by atoms with E-state index in [1.165, 1.54) is 11.1 Å². The van der Waals surface area contributed by atoms with Crippen LogP contribution in [0.2, 0.25) is 0 Å². The zero-order valence-electron chi connectivity index (χ0n) is 11.2. The molecule has 0 saturated heterocycles. The second-order valence-corrected chi connectivity index (χ2v) is 4.88. The van der Waals surface area contributed by atoms with E-state index in [9.17, 15) is 4.79 Å². The monoisotopic (exact) mass is 267 g/mol. The summed E-state index contributed by atoms with van der Waals surface area (Å²) < 4.78 is 5.78. The number of rotatable bonds is 3. The number of fused-ring (bicyclic) bond motifs is 1. The predicted molar refractivity (Wildman–Crippen MR) is 77.6 cm³/mol. The molecule has 0 aromatic heterocycles. The summed E-state index contributed by atoms with van der Waals surface area (Å²) >= 11 is 0. The second kappa shape index (κ2) is 5.88. The van der Waals surface area contributed by atoms with Crippen LogP contribution < -0.4 is 5.32 Å². The lowest BCUT2D eigenvalue weighted by Gasteiger charge is -2.26. The van der Waals surface area contributed by atoms with E-state index in [2.05, 4.69) is 17.4 Å². The van der Waals surface area contributed by atoms with Crippen LogP contribution in [0, 0.1) is 0 Å². The van der Waals surface area contributed by atoms with Crippen LogP contribution >= 0.6 is 0 Å². The first-order valence-corrected chi connectivity index (χ1v) is 6.87. The Morgan fingerprint density at radius 1 is 1.10 bits per heavy atom. The topological polar surface area (TPSA) is 38.3 Å². The summed E-state index contributed by atoms with van der Waals surface area (Å²) in [7, 11) is 0. The van der Waals surface area contributed by atoms with Crippen LogP contribution in [-0.4, -0.2) is 19.1 Å². The van der Waals surface area contributed by atoms with E-state index in [0.717, 1.165) is 6.42 Å². The SMILES string of the molecule is O=C(NCC1OCCc2ccccc21)c1ccccc1. The van der Waals surface area contributed by atoms with Gasteiger partial charge in [-0.25, -0.2) is 0 Å². The Balaban J connectivity index is 1.67. The van der Waals surface area contributed by atoms with Gasteiger partial charge in [-0.15, -0.1) is 0 Å². The van der Waals surface area contributed by atoms with Gasteiger partial charge in [0.2, 0.25) is 0 Å². The van der Waals surface area contributed by atoms with Crippen molar-refractivity contribution in [1.29, 1.82) is 0 Å². The molecule has 2 aromatic carbocycles. The summed E-state index contributed by atoms with van der Waals surface area (Å²) in [5.74, 6) is -0.0581. The molecule has 1 heterocycles. The van der Waals surface area contributed by atoms with Gasteiger partial charge in [0.05, 0.1) is 6.61 Å². The Morgan fingerprint density at radius 3 is 2.70 bits per heavy atom. The van der Waals surface area contributed by atoms with Crippen LogP contribution in [0.3, 0.4) is 0 Å². The average Bonchev–Trinajstić information content (AvgIpc) is 2.53. The van der Waals surface area contributed by atoms with E-state index < -0.39 is 0 Å². The van der Waals surface area contributed by atoms with Gasteiger partial charge in [-0.3, -0.25) is 4.79 Å². The van der Waals surface area contributed by atoms with Crippen molar-refractivity contribution in [2.24, 2.45) is 0 Å². The van der Waals surface area contributed by atoms with Crippen molar-refractivity contribution in [2.75, 3.05) is 13.2 Å². The highest BCUT2D eigenvalue weighted by Crippen LogP contribution is 2.26. The van der Waals surface area contributed by atoms with E-state index in [4.69, 9.17) is 4.74 Å². The minimum absolute atomic E-state index is 0.0485. The summed E-state index contributed by atoms with van der Waals surface area (Å²) in [6, 6.07) is 17.5. The molecular weight excluding hydrogens is 250 g/mol. The van der Waals surface area contributed by atoms with Gasteiger partial charge in [0, 0.05) is 12.1 Å². The zero-order valence-corrected chi connectivity index (χ0v) is 11.2. The normalized spacial score (nSPS) is 17.3. The third kappa shape index (κ3) is 2.73. The lowest BCUT2D eigenvalue weighted by atomic mass is 9.97. The molecule has 0 bridgehead atoms. The van der Waals surface area contributed by atoms with Gasteiger partial charge >= 0.3 is 0 Å². The van der Waals surface area contributed by atoms with E-state index in [-0.39, 0.29) is 12.0 Å². The Labute approximate surface area is 118 Å². The second-order valence-electron chi connectivity index (χ2n) is 4.88. The van der Waals surface area contributed by atoms with Crippen molar-refractivity contribution in [3.8, 4) is 0 Å². The molecule has 0 spiro atoms. The Kier molecular flexibility index (Phi) is 3.79. The maximum atomic E-state index is 12.0. The number of carbonyl (C=O) groups excluding carboxylic acids is 1. The number of benzene rings is 2. The molecule has 1 aliphatic heterocycles. The lowest BCUT2D eigenvalue weighted by Crippen LogP contribution is -2.31. The highest BCUT2D eigenvalue weighted by atomic mass is 16.5. The fourth-order valence-electron chi connectivity index (χ4n) is 2.52. The molecule has 0 fully saturated rings. The van der Waals surface area contributed by atoms with Crippen LogP contribution in [0.5, 0.6) is 0 Å². The smallest absolute Gasteiger partial charge is 0.251 e. The predicted octanol–water partition coefficient (Wildman–Crippen LogP) is 2.73. The molecule has 102 valence electrons. The van der Waals surface area contributed by atoms with Gasteiger partial charge in [0.25, 0.3) is 5.91 Å². The summed E-state index contributed by atoms with van der Waals surface area (Å²) in [6.45, 7) is 1.22. The molecule has 1 unspecified atom stereocenters. The standard InChI is InChI=1S/C17H17NO2/c19-17(14-7-2-1-3-8-14)18-12-16-15-9-5-4-6-13(15)10-11-20-16/h1-9,16H,10-12H2,(H,18,19). The van der Waals surface area contributed by atoms with E-state index >= 15 is 0 Å². The molecular formula is C17H17NO2. The van der Waals surface area contributed by atoms with E-state index in [1.54, 1.807) is 0 Å². The summed E-state index contributed by atoms with van der Waals surface area (Å²) in [6.07, 6.45) is 0.895. The highest BCUT2D eigenvalue weighted by molar-refractivity contribution is 5.94. The maximum absolute atomic E-state index is 12.0.